The van der Waals surface area contributed by atoms with Gasteiger partial charge in [-0.05, 0) is 63.1 Å². The molecule has 2 aromatic carbocycles. The van der Waals surface area contributed by atoms with Crippen molar-refractivity contribution in [2.24, 2.45) is 10.9 Å². The molecule has 4 rings (SSSR count). The number of benzene rings is 2. The molecule has 2 aromatic rings. The van der Waals surface area contributed by atoms with Gasteiger partial charge < -0.3 is 5.32 Å². The van der Waals surface area contributed by atoms with E-state index in [0.717, 1.165) is 22.5 Å². The lowest BCUT2D eigenvalue weighted by Gasteiger charge is -2.36. The van der Waals surface area contributed by atoms with Crippen LogP contribution < -0.4 is 21.1 Å². The second-order valence-electron chi connectivity index (χ2n) is 8.15. The summed E-state index contributed by atoms with van der Waals surface area (Å²) >= 11 is 1.35. The Labute approximate surface area is 187 Å². The summed E-state index contributed by atoms with van der Waals surface area (Å²) in [6.45, 7) is 8.16. The first-order chi connectivity index (χ1) is 14.8. The topological polar surface area (TPSA) is 92.6 Å². The molecule has 3 atom stereocenters. The first-order valence-corrected chi connectivity index (χ1v) is 11.4. The van der Waals surface area contributed by atoms with Crippen molar-refractivity contribution in [3.63, 3.8) is 0 Å². The lowest BCUT2D eigenvalue weighted by atomic mass is 9.97. The number of hydrazine groups is 1. The zero-order valence-corrected chi connectivity index (χ0v) is 19.0. The molecule has 0 bridgehead atoms. The Balaban J connectivity index is 1.53. The summed E-state index contributed by atoms with van der Waals surface area (Å²) in [5.74, 6) is 0.516. The van der Waals surface area contributed by atoms with Crippen molar-refractivity contribution in [3.05, 3.63) is 59.2 Å². The quantitative estimate of drug-likeness (QED) is 0.588. The maximum absolute atomic E-state index is 12.6. The fourth-order valence-corrected chi connectivity index (χ4v) is 4.64. The third kappa shape index (κ3) is 4.51. The van der Waals surface area contributed by atoms with Crippen LogP contribution in [0.2, 0.25) is 0 Å². The van der Waals surface area contributed by atoms with Crippen molar-refractivity contribution in [2.75, 3.05) is 16.0 Å². The highest BCUT2D eigenvalue weighted by Crippen LogP contribution is 2.31. The van der Waals surface area contributed by atoms with Crippen LogP contribution in [-0.4, -0.2) is 34.9 Å². The molecular formula is C23H28N6OS. The lowest BCUT2D eigenvalue weighted by Crippen LogP contribution is -2.50. The summed E-state index contributed by atoms with van der Waals surface area (Å²) in [7, 11) is 0. The molecule has 1 amide bonds. The first-order valence-electron chi connectivity index (χ1n) is 10.4. The molecule has 3 unspecified atom stereocenters. The summed E-state index contributed by atoms with van der Waals surface area (Å²) in [6, 6.07) is 14.0. The van der Waals surface area contributed by atoms with Crippen molar-refractivity contribution in [3.8, 4) is 0 Å². The number of hydrogen-bond donors (Lipinski definition) is 4. The van der Waals surface area contributed by atoms with Gasteiger partial charge in [-0.25, -0.2) is 10.4 Å². The van der Waals surface area contributed by atoms with Crippen molar-refractivity contribution in [1.29, 1.82) is 5.41 Å². The molecule has 0 saturated carbocycles. The van der Waals surface area contributed by atoms with E-state index in [9.17, 15) is 4.79 Å². The number of carbonyl (C=O) groups excluding carboxylic acids is 1. The number of thioether (sulfide) groups is 1. The van der Waals surface area contributed by atoms with Crippen molar-refractivity contribution in [1.82, 2.24) is 10.9 Å². The number of aryl methyl sites for hydroxylation is 3. The number of nitrogens with zero attached hydrogens (tertiary/aromatic N) is 2. The molecule has 31 heavy (non-hydrogen) atoms. The van der Waals surface area contributed by atoms with Crippen LogP contribution in [0.1, 0.15) is 23.6 Å². The average Bonchev–Trinajstić information content (AvgIpc) is 3.11. The molecule has 162 valence electrons. The molecule has 8 heteroatoms. The largest absolute Gasteiger partial charge is 0.325 e. The normalized spacial score (nSPS) is 22.8. The number of fused-ring (bicyclic) bond motifs is 1. The maximum atomic E-state index is 12.6. The zero-order valence-electron chi connectivity index (χ0n) is 18.2. The van der Waals surface area contributed by atoms with Gasteiger partial charge in [0.05, 0.1) is 11.7 Å². The van der Waals surface area contributed by atoms with E-state index in [1.165, 1.54) is 17.3 Å². The Bertz CT molecular complexity index is 1030. The summed E-state index contributed by atoms with van der Waals surface area (Å²) in [6.07, 6.45) is -0.213. The number of aliphatic imine (C=N–C) groups is 1. The fourth-order valence-electron chi connectivity index (χ4n) is 3.79. The number of hydrogen-bond acceptors (Lipinski definition) is 6. The lowest BCUT2D eigenvalue weighted by molar-refractivity contribution is -0.113. The van der Waals surface area contributed by atoms with Crippen LogP contribution in [0.5, 0.6) is 0 Å². The van der Waals surface area contributed by atoms with Crippen molar-refractivity contribution in [2.45, 2.75) is 39.9 Å². The first kappa shape index (κ1) is 21.5. The molecule has 2 aliphatic heterocycles. The van der Waals surface area contributed by atoms with Crippen LogP contribution in [0.25, 0.3) is 0 Å². The van der Waals surface area contributed by atoms with Gasteiger partial charge in [0.2, 0.25) is 5.91 Å². The molecule has 1 saturated heterocycles. The Kier molecular flexibility index (Phi) is 6.13. The molecule has 1 fully saturated rings. The van der Waals surface area contributed by atoms with Gasteiger partial charge in [0.15, 0.2) is 5.17 Å². The van der Waals surface area contributed by atoms with Crippen LogP contribution in [-0.2, 0) is 4.79 Å². The van der Waals surface area contributed by atoms with Gasteiger partial charge in [-0.2, -0.15) is 0 Å². The summed E-state index contributed by atoms with van der Waals surface area (Å²) in [5, 5.41) is 12.5. The molecule has 2 aliphatic rings. The predicted molar refractivity (Wildman–Crippen MR) is 129 cm³/mol. The Morgan fingerprint density at radius 3 is 2.58 bits per heavy atom. The van der Waals surface area contributed by atoms with Crippen LogP contribution in [0, 0.1) is 32.1 Å². The van der Waals surface area contributed by atoms with Crippen LogP contribution >= 0.6 is 11.8 Å². The Hall–Kier alpha value is -2.68. The van der Waals surface area contributed by atoms with Gasteiger partial charge in [0.25, 0.3) is 0 Å². The highest BCUT2D eigenvalue weighted by molar-refractivity contribution is 8.14. The summed E-state index contributed by atoms with van der Waals surface area (Å²) in [5.41, 5.74) is 11.5. The molecule has 4 N–H and O–H groups in total. The zero-order chi connectivity index (χ0) is 22.1. The number of rotatable bonds is 4. The second kappa shape index (κ2) is 8.82. The van der Waals surface area contributed by atoms with Gasteiger partial charge >= 0.3 is 0 Å². The number of anilines is 2. The minimum atomic E-state index is -0.213. The van der Waals surface area contributed by atoms with Crippen LogP contribution in [0.4, 0.5) is 11.4 Å². The molecule has 0 aliphatic carbocycles. The number of carbonyl (C=O) groups is 1. The fraction of sp³-hybridized carbons (Fsp3) is 0.348. The Morgan fingerprint density at radius 2 is 1.87 bits per heavy atom. The minimum Gasteiger partial charge on any atom is -0.325 e. The second-order valence-corrected chi connectivity index (χ2v) is 9.09. The van der Waals surface area contributed by atoms with Crippen LogP contribution in [0.3, 0.4) is 0 Å². The SMILES string of the molecule is Cc1ccc(N2C(=N)C3C(C)NNC3N=C2SCC(=O)Nc2ccc(C)c(C)c2)cc1. The van der Waals surface area contributed by atoms with E-state index < -0.39 is 0 Å². The third-order valence-electron chi connectivity index (χ3n) is 5.75. The van der Waals surface area contributed by atoms with E-state index in [4.69, 9.17) is 10.4 Å². The highest BCUT2D eigenvalue weighted by Gasteiger charge is 2.43. The van der Waals surface area contributed by atoms with E-state index in [1.807, 2.05) is 75.1 Å². The van der Waals surface area contributed by atoms with E-state index >= 15 is 0 Å². The molecule has 0 spiro atoms. The van der Waals surface area contributed by atoms with Gasteiger partial charge in [0, 0.05) is 17.4 Å². The third-order valence-corrected chi connectivity index (χ3v) is 6.70. The standard InChI is InChI=1S/C23H28N6OS/c1-13-5-9-18(10-6-13)29-21(24)20-16(4)27-28-22(20)26-23(29)31-12-19(30)25-17-8-7-14(2)15(3)11-17/h5-11,16,20,22,24,27-28H,12H2,1-4H3,(H,25,30). The van der Waals surface area contributed by atoms with Gasteiger partial charge in [-0.15, -0.1) is 0 Å². The number of amides is 1. The van der Waals surface area contributed by atoms with E-state index in [1.54, 1.807) is 0 Å². The van der Waals surface area contributed by atoms with E-state index in [0.29, 0.717) is 11.0 Å². The van der Waals surface area contributed by atoms with Gasteiger partial charge in [-0.3, -0.25) is 20.5 Å². The number of amidine groups is 2. The van der Waals surface area contributed by atoms with E-state index in [-0.39, 0.29) is 29.8 Å². The Morgan fingerprint density at radius 1 is 1.13 bits per heavy atom. The van der Waals surface area contributed by atoms with E-state index in [2.05, 4.69) is 16.2 Å². The van der Waals surface area contributed by atoms with Crippen molar-refractivity contribution < 1.29 is 4.79 Å². The summed E-state index contributed by atoms with van der Waals surface area (Å²) < 4.78 is 0. The molecule has 2 heterocycles. The minimum absolute atomic E-state index is 0.0741. The predicted octanol–water partition coefficient (Wildman–Crippen LogP) is 3.58. The molecule has 7 nitrogen and oxygen atoms in total. The maximum Gasteiger partial charge on any atom is 0.234 e. The number of nitrogens with one attached hydrogen (secondary N) is 4. The van der Waals surface area contributed by atoms with Crippen molar-refractivity contribution >= 4 is 40.0 Å². The van der Waals surface area contributed by atoms with Gasteiger partial charge in [0.1, 0.15) is 12.0 Å². The average molecular weight is 437 g/mol. The van der Waals surface area contributed by atoms with Crippen LogP contribution in [0.15, 0.2) is 47.5 Å². The highest BCUT2D eigenvalue weighted by atomic mass is 32.2. The monoisotopic (exact) mass is 436 g/mol. The molecule has 0 aromatic heterocycles. The molecule has 0 radical (unpaired) electrons. The smallest absolute Gasteiger partial charge is 0.234 e. The molecular weight excluding hydrogens is 408 g/mol. The van der Waals surface area contributed by atoms with Gasteiger partial charge in [-0.1, -0.05) is 35.5 Å². The summed E-state index contributed by atoms with van der Waals surface area (Å²) in [4.78, 5) is 19.3.